The second kappa shape index (κ2) is 4.57. The van der Waals surface area contributed by atoms with Gasteiger partial charge in [-0.1, -0.05) is 13.0 Å². The van der Waals surface area contributed by atoms with Gasteiger partial charge in [0.25, 0.3) is 0 Å². The zero-order valence-electron chi connectivity index (χ0n) is 10.8. The summed E-state index contributed by atoms with van der Waals surface area (Å²) in [6, 6.07) is 4.13. The van der Waals surface area contributed by atoms with E-state index >= 15 is 0 Å². The Morgan fingerprint density at radius 1 is 1.39 bits per heavy atom. The minimum Gasteiger partial charge on any atom is -0.491 e. The molecule has 0 bridgehead atoms. The predicted octanol–water partition coefficient (Wildman–Crippen LogP) is 0.772. The summed E-state index contributed by atoms with van der Waals surface area (Å²) in [6.07, 6.45) is 0.913. The highest BCUT2D eigenvalue weighted by Gasteiger charge is 2.43. The van der Waals surface area contributed by atoms with E-state index < -0.39 is 0 Å². The van der Waals surface area contributed by atoms with Crippen LogP contribution >= 0.6 is 0 Å². The van der Waals surface area contributed by atoms with Gasteiger partial charge in [-0.25, -0.2) is 0 Å². The average Bonchev–Trinajstić information content (AvgIpc) is 2.66. The van der Waals surface area contributed by atoms with Crippen LogP contribution in [-0.2, 0) is 15.7 Å². The maximum Gasteiger partial charge on any atom is 0.498 e. The minimum atomic E-state index is -0.326. The first-order valence-corrected chi connectivity index (χ1v) is 6.54. The molecular weight excluding hydrogens is 229 g/mol. The van der Waals surface area contributed by atoms with Gasteiger partial charge in [0.15, 0.2) is 0 Å². The Labute approximate surface area is 108 Å². The minimum absolute atomic E-state index is 0.0249. The third-order valence-electron chi connectivity index (χ3n) is 3.61. The van der Waals surface area contributed by atoms with Crippen LogP contribution in [0.15, 0.2) is 12.1 Å². The zero-order chi connectivity index (χ0) is 12.7. The molecule has 0 saturated heterocycles. The van der Waals surface area contributed by atoms with Gasteiger partial charge >= 0.3 is 7.12 Å². The van der Waals surface area contributed by atoms with Crippen LogP contribution in [0.4, 0.5) is 0 Å². The van der Waals surface area contributed by atoms with Gasteiger partial charge in [0.05, 0.1) is 12.2 Å². The predicted molar refractivity (Wildman–Crippen MR) is 70.1 cm³/mol. The summed E-state index contributed by atoms with van der Waals surface area (Å²) in [5.41, 5.74) is 9.31. The molecule has 2 N–H and O–H groups in total. The molecule has 2 heterocycles. The highest BCUT2D eigenvalue weighted by molar-refractivity contribution is 6.64. The maximum atomic E-state index is 5.93. The molecule has 4 nitrogen and oxygen atoms in total. The van der Waals surface area contributed by atoms with Crippen molar-refractivity contribution in [2.24, 2.45) is 5.73 Å². The lowest BCUT2D eigenvalue weighted by Crippen LogP contribution is -2.34. The van der Waals surface area contributed by atoms with Crippen LogP contribution in [0.1, 0.15) is 31.1 Å². The number of benzene rings is 1. The summed E-state index contributed by atoms with van der Waals surface area (Å²) in [6.45, 7) is 5.16. The molecule has 2 aliphatic rings. The summed E-state index contributed by atoms with van der Waals surface area (Å²) < 4.78 is 17.6. The van der Waals surface area contributed by atoms with E-state index in [-0.39, 0.29) is 19.3 Å². The van der Waals surface area contributed by atoms with Crippen molar-refractivity contribution in [3.05, 3.63) is 23.3 Å². The molecule has 0 saturated carbocycles. The first-order chi connectivity index (χ1) is 8.74. The van der Waals surface area contributed by atoms with E-state index in [2.05, 4.69) is 13.0 Å². The number of hydrogen-bond acceptors (Lipinski definition) is 4. The normalized spacial score (nSPS) is 25.6. The van der Waals surface area contributed by atoms with Gasteiger partial charge in [-0.2, -0.15) is 0 Å². The molecule has 18 heavy (non-hydrogen) atoms. The summed E-state index contributed by atoms with van der Waals surface area (Å²) in [5, 5.41) is 0. The van der Waals surface area contributed by atoms with Gasteiger partial charge in [-0.05, 0) is 30.5 Å². The largest absolute Gasteiger partial charge is 0.498 e. The molecule has 1 aromatic rings. The summed E-state index contributed by atoms with van der Waals surface area (Å²) in [7, 11) is -0.326. The fourth-order valence-electron chi connectivity index (χ4n) is 2.74. The Balaban J connectivity index is 2.14. The van der Waals surface area contributed by atoms with Crippen molar-refractivity contribution in [1.29, 1.82) is 0 Å². The second-order valence-corrected chi connectivity index (χ2v) is 4.85. The number of nitrogens with two attached hydrogens (primary N) is 1. The molecular formula is C13H18BNO3. The zero-order valence-corrected chi connectivity index (χ0v) is 10.8. The van der Waals surface area contributed by atoms with Crippen molar-refractivity contribution in [2.75, 3.05) is 13.2 Å². The van der Waals surface area contributed by atoms with Crippen molar-refractivity contribution >= 4 is 12.6 Å². The summed E-state index contributed by atoms with van der Waals surface area (Å²) >= 11 is 0. The van der Waals surface area contributed by atoms with Crippen LogP contribution in [0, 0.1) is 0 Å². The van der Waals surface area contributed by atoms with Gasteiger partial charge in [0.1, 0.15) is 12.4 Å². The van der Waals surface area contributed by atoms with E-state index in [1.807, 2.05) is 13.0 Å². The third-order valence-corrected chi connectivity index (χ3v) is 3.61. The van der Waals surface area contributed by atoms with Crippen LogP contribution in [-0.4, -0.2) is 26.4 Å². The van der Waals surface area contributed by atoms with Crippen molar-refractivity contribution in [3.8, 4) is 5.75 Å². The Bertz CT molecular complexity index is 466. The lowest BCUT2D eigenvalue weighted by atomic mass is 9.76. The van der Waals surface area contributed by atoms with E-state index in [0.29, 0.717) is 13.2 Å². The number of hydrogen-bond donors (Lipinski definition) is 1. The Morgan fingerprint density at radius 2 is 2.22 bits per heavy atom. The molecule has 0 fully saturated rings. The summed E-state index contributed by atoms with van der Waals surface area (Å²) in [5.74, 6) is 0.882. The van der Waals surface area contributed by atoms with Gasteiger partial charge in [-0.15, -0.1) is 0 Å². The molecule has 0 spiro atoms. The van der Waals surface area contributed by atoms with Gasteiger partial charge in [0.2, 0.25) is 0 Å². The SMILES string of the molecule is CCc1ccc2c3c1C(CN)OB3OC(C)CO2. The highest BCUT2D eigenvalue weighted by Crippen LogP contribution is 2.33. The molecule has 2 unspecified atom stereocenters. The van der Waals surface area contributed by atoms with E-state index in [1.165, 1.54) is 11.1 Å². The van der Waals surface area contributed by atoms with Gasteiger partial charge in [-0.3, -0.25) is 0 Å². The second-order valence-electron chi connectivity index (χ2n) is 4.85. The molecule has 0 amide bonds. The standard InChI is InChI=1S/C13H18BNO3/c1-3-9-4-5-10-13-12(9)11(6-15)18-14(13)17-8(2)7-16-10/h4-5,8,11H,3,6-7,15H2,1-2H3. The van der Waals surface area contributed by atoms with E-state index in [1.54, 1.807) is 0 Å². The fraction of sp³-hybridized carbons (Fsp3) is 0.538. The molecule has 5 heteroatoms. The number of ether oxygens (including phenoxy) is 1. The van der Waals surface area contributed by atoms with Crippen molar-refractivity contribution < 1.29 is 14.0 Å². The van der Waals surface area contributed by atoms with Crippen molar-refractivity contribution in [1.82, 2.24) is 0 Å². The van der Waals surface area contributed by atoms with Crippen molar-refractivity contribution in [3.63, 3.8) is 0 Å². The monoisotopic (exact) mass is 247 g/mol. The quantitative estimate of drug-likeness (QED) is 0.784. The average molecular weight is 247 g/mol. The molecule has 2 atom stereocenters. The Hall–Kier alpha value is -1.04. The van der Waals surface area contributed by atoms with Crippen LogP contribution < -0.4 is 15.9 Å². The Morgan fingerprint density at radius 3 is 2.94 bits per heavy atom. The molecule has 0 aromatic heterocycles. The van der Waals surface area contributed by atoms with Crippen LogP contribution in [0.3, 0.4) is 0 Å². The molecule has 0 radical (unpaired) electrons. The smallest absolute Gasteiger partial charge is 0.491 e. The van der Waals surface area contributed by atoms with E-state index in [4.69, 9.17) is 19.8 Å². The maximum absolute atomic E-state index is 5.93. The highest BCUT2D eigenvalue weighted by atomic mass is 16.6. The lowest BCUT2D eigenvalue weighted by Gasteiger charge is -2.17. The van der Waals surface area contributed by atoms with Crippen molar-refractivity contribution in [2.45, 2.75) is 32.5 Å². The number of aryl methyl sites for hydroxylation is 1. The van der Waals surface area contributed by atoms with Crippen LogP contribution in [0.2, 0.25) is 0 Å². The molecule has 0 aliphatic carbocycles. The van der Waals surface area contributed by atoms with Gasteiger partial charge < -0.3 is 19.8 Å². The molecule has 96 valence electrons. The van der Waals surface area contributed by atoms with Gasteiger partial charge in [0, 0.05) is 12.0 Å². The van der Waals surface area contributed by atoms with E-state index in [0.717, 1.165) is 17.6 Å². The third kappa shape index (κ3) is 1.74. The molecule has 1 aromatic carbocycles. The number of rotatable bonds is 2. The summed E-state index contributed by atoms with van der Waals surface area (Å²) in [4.78, 5) is 0. The van der Waals surface area contributed by atoms with Crippen LogP contribution in [0.5, 0.6) is 5.75 Å². The first-order valence-electron chi connectivity index (χ1n) is 6.54. The lowest BCUT2D eigenvalue weighted by molar-refractivity contribution is 0.101. The Kier molecular flexibility index (Phi) is 3.05. The first kappa shape index (κ1) is 12.0. The topological polar surface area (TPSA) is 53.7 Å². The fourth-order valence-corrected chi connectivity index (χ4v) is 2.74. The van der Waals surface area contributed by atoms with E-state index in [9.17, 15) is 0 Å². The molecule has 3 rings (SSSR count). The van der Waals surface area contributed by atoms with Crippen LogP contribution in [0.25, 0.3) is 0 Å². The molecule has 2 aliphatic heterocycles.